The second-order valence-corrected chi connectivity index (χ2v) is 9.93. The maximum Gasteiger partial charge on any atom is 0.236 e. The second-order valence-electron chi connectivity index (χ2n) is 7.40. The van der Waals surface area contributed by atoms with Crippen molar-refractivity contribution < 1.29 is 4.79 Å². The third-order valence-corrected chi connectivity index (χ3v) is 7.78. The predicted molar refractivity (Wildman–Crippen MR) is 111 cm³/mol. The number of thiophene rings is 1. The van der Waals surface area contributed by atoms with Crippen LogP contribution in [0.15, 0.2) is 5.03 Å². The van der Waals surface area contributed by atoms with Crippen LogP contribution < -0.4 is 0 Å². The Morgan fingerprint density at radius 2 is 1.93 bits per heavy atom. The van der Waals surface area contributed by atoms with Crippen molar-refractivity contribution >= 4 is 39.2 Å². The summed E-state index contributed by atoms with van der Waals surface area (Å²) in [5.41, 5.74) is 0.530. The number of nitrogens with zero attached hydrogens (tertiary/aromatic N) is 4. The molecule has 0 N–H and O–H groups in total. The Morgan fingerprint density at radius 3 is 2.56 bits per heavy atom. The molecular weight excluding hydrogens is 376 g/mol. The molecule has 2 heterocycles. The van der Waals surface area contributed by atoms with E-state index in [1.807, 2.05) is 13.8 Å². The van der Waals surface area contributed by atoms with Gasteiger partial charge in [-0.05, 0) is 46.1 Å². The molecule has 0 saturated heterocycles. The van der Waals surface area contributed by atoms with E-state index in [9.17, 15) is 10.1 Å². The lowest BCUT2D eigenvalue weighted by Crippen LogP contribution is -2.52. The highest BCUT2D eigenvalue weighted by atomic mass is 32.2. The summed E-state index contributed by atoms with van der Waals surface area (Å²) in [6.07, 6.45) is 4.69. The molecular formula is C20H26N4OS2. The van der Waals surface area contributed by atoms with Gasteiger partial charge in [0.05, 0.1) is 11.3 Å². The molecule has 144 valence electrons. The van der Waals surface area contributed by atoms with Crippen molar-refractivity contribution in [3.05, 3.63) is 16.3 Å². The number of hydrogen-bond acceptors (Lipinski definition) is 6. The number of hydrogen-bond donors (Lipinski definition) is 0. The molecule has 5 nitrogen and oxygen atoms in total. The highest BCUT2D eigenvalue weighted by Crippen LogP contribution is 2.38. The van der Waals surface area contributed by atoms with Crippen LogP contribution in [0, 0.1) is 32.1 Å². The summed E-state index contributed by atoms with van der Waals surface area (Å²) < 4.78 is 0. The molecule has 0 spiro atoms. The highest BCUT2D eigenvalue weighted by Gasteiger charge is 2.40. The first-order chi connectivity index (χ1) is 12.8. The number of aromatic nitrogens is 2. The van der Waals surface area contributed by atoms with E-state index in [2.05, 4.69) is 29.9 Å². The number of thioether (sulfide) groups is 1. The van der Waals surface area contributed by atoms with Gasteiger partial charge in [0.15, 0.2) is 0 Å². The van der Waals surface area contributed by atoms with Crippen molar-refractivity contribution in [2.45, 2.75) is 75.6 Å². The van der Waals surface area contributed by atoms with Gasteiger partial charge < -0.3 is 4.90 Å². The Hall–Kier alpha value is -1.65. The molecule has 1 amide bonds. The molecule has 0 bridgehead atoms. The molecule has 1 aliphatic rings. The Morgan fingerprint density at radius 1 is 1.26 bits per heavy atom. The van der Waals surface area contributed by atoms with Crippen LogP contribution in [0.3, 0.4) is 0 Å². The minimum absolute atomic E-state index is 0.00234. The number of aryl methyl sites for hydroxylation is 3. The van der Waals surface area contributed by atoms with E-state index < -0.39 is 5.54 Å². The molecule has 0 aliphatic heterocycles. The molecule has 2 aromatic heterocycles. The van der Waals surface area contributed by atoms with Gasteiger partial charge in [0.1, 0.15) is 21.2 Å². The Balaban J connectivity index is 1.87. The van der Waals surface area contributed by atoms with Gasteiger partial charge in [0.2, 0.25) is 5.91 Å². The molecule has 7 heteroatoms. The van der Waals surface area contributed by atoms with Gasteiger partial charge in [-0.25, -0.2) is 9.97 Å². The average molecular weight is 403 g/mol. The third-order valence-electron chi connectivity index (χ3n) is 5.60. The van der Waals surface area contributed by atoms with Gasteiger partial charge in [-0.15, -0.1) is 11.3 Å². The minimum atomic E-state index is -0.657. The first-order valence-electron chi connectivity index (χ1n) is 9.39. The topological polar surface area (TPSA) is 69.9 Å². The fourth-order valence-corrected chi connectivity index (χ4v) is 6.05. The van der Waals surface area contributed by atoms with Gasteiger partial charge >= 0.3 is 0 Å². The first kappa shape index (κ1) is 20.1. The van der Waals surface area contributed by atoms with Crippen molar-refractivity contribution in [1.82, 2.24) is 14.9 Å². The molecule has 1 saturated carbocycles. The Kier molecular flexibility index (Phi) is 5.78. The maximum atomic E-state index is 13.1. The van der Waals surface area contributed by atoms with E-state index in [1.54, 1.807) is 23.3 Å². The van der Waals surface area contributed by atoms with Crippen LogP contribution in [-0.4, -0.2) is 38.6 Å². The van der Waals surface area contributed by atoms with Crippen LogP contribution in [0.5, 0.6) is 0 Å². The van der Waals surface area contributed by atoms with Crippen molar-refractivity contribution in [2.24, 2.45) is 0 Å². The van der Waals surface area contributed by atoms with Gasteiger partial charge in [0.25, 0.3) is 0 Å². The van der Waals surface area contributed by atoms with E-state index >= 15 is 0 Å². The predicted octanol–water partition coefficient (Wildman–Crippen LogP) is 4.78. The Labute approximate surface area is 169 Å². The fourth-order valence-electron chi connectivity index (χ4n) is 3.76. The lowest BCUT2D eigenvalue weighted by atomic mass is 9.81. The molecule has 1 atom stereocenters. The van der Waals surface area contributed by atoms with Crippen LogP contribution in [-0.2, 0) is 4.79 Å². The largest absolute Gasteiger partial charge is 0.326 e. The SMILES string of the molecule is Cc1nc(S[C@H](C)C(=O)N(C)C2(C#N)CCCCC2)c2c(C)c(C)sc2n1. The molecule has 27 heavy (non-hydrogen) atoms. The van der Waals surface area contributed by atoms with Crippen LogP contribution in [0.25, 0.3) is 10.2 Å². The molecule has 3 rings (SSSR count). The summed E-state index contributed by atoms with van der Waals surface area (Å²) in [6, 6.07) is 2.44. The number of carbonyl (C=O) groups is 1. The van der Waals surface area contributed by atoms with Crippen LogP contribution in [0.4, 0.5) is 0 Å². The lowest BCUT2D eigenvalue weighted by Gasteiger charge is -2.40. The summed E-state index contributed by atoms with van der Waals surface area (Å²) in [7, 11) is 1.79. The molecule has 0 unspecified atom stereocenters. The number of fused-ring (bicyclic) bond motifs is 1. The van der Waals surface area contributed by atoms with E-state index in [1.165, 1.54) is 22.2 Å². The first-order valence-corrected chi connectivity index (χ1v) is 11.1. The fraction of sp³-hybridized carbons (Fsp3) is 0.600. The van der Waals surface area contributed by atoms with E-state index in [0.29, 0.717) is 0 Å². The quantitative estimate of drug-likeness (QED) is 0.543. The van der Waals surface area contributed by atoms with Crippen LogP contribution >= 0.6 is 23.1 Å². The molecule has 1 fully saturated rings. The van der Waals surface area contributed by atoms with E-state index in [-0.39, 0.29) is 11.2 Å². The van der Waals surface area contributed by atoms with Crippen molar-refractivity contribution in [3.8, 4) is 6.07 Å². The minimum Gasteiger partial charge on any atom is -0.326 e. The summed E-state index contributed by atoms with van der Waals surface area (Å²) in [4.78, 5) is 26.2. The summed E-state index contributed by atoms with van der Waals surface area (Å²) in [5.74, 6) is 0.720. The zero-order valence-corrected chi connectivity index (χ0v) is 18.3. The van der Waals surface area contributed by atoms with E-state index in [4.69, 9.17) is 0 Å². The van der Waals surface area contributed by atoms with Gasteiger partial charge in [0, 0.05) is 17.3 Å². The van der Waals surface area contributed by atoms with Crippen molar-refractivity contribution in [3.63, 3.8) is 0 Å². The molecule has 0 aromatic carbocycles. The highest BCUT2D eigenvalue weighted by molar-refractivity contribution is 8.00. The zero-order chi connectivity index (χ0) is 19.8. The molecule has 1 aliphatic carbocycles. The smallest absolute Gasteiger partial charge is 0.236 e. The van der Waals surface area contributed by atoms with Gasteiger partial charge in [-0.2, -0.15) is 5.26 Å². The monoisotopic (exact) mass is 402 g/mol. The number of nitriles is 1. The van der Waals surface area contributed by atoms with Crippen molar-refractivity contribution in [1.29, 1.82) is 5.26 Å². The number of rotatable bonds is 4. The average Bonchev–Trinajstić information content (AvgIpc) is 2.94. The van der Waals surface area contributed by atoms with Gasteiger partial charge in [-0.3, -0.25) is 4.79 Å². The van der Waals surface area contributed by atoms with Gasteiger partial charge in [-0.1, -0.05) is 31.0 Å². The summed E-state index contributed by atoms with van der Waals surface area (Å²) in [5, 5.41) is 11.4. The number of carbonyl (C=O) groups excluding carboxylic acids is 1. The van der Waals surface area contributed by atoms with Crippen LogP contribution in [0.1, 0.15) is 55.3 Å². The molecule has 2 aromatic rings. The Bertz CT molecular complexity index is 909. The molecule has 0 radical (unpaired) electrons. The maximum absolute atomic E-state index is 13.1. The standard InChI is InChI=1S/C20H26N4OS2/c1-12-13(2)26-17-16(12)18(23-15(4)22-17)27-14(3)19(25)24(5)20(11-21)9-7-6-8-10-20/h14H,6-10H2,1-5H3/t14-/m1/s1. The van der Waals surface area contributed by atoms with Crippen LogP contribution in [0.2, 0.25) is 0 Å². The van der Waals surface area contributed by atoms with Crippen molar-refractivity contribution in [2.75, 3.05) is 7.05 Å². The zero-order valence-electron chi connectivity index (χ0n) is 16.6. The summed E-state index contributed by atoms with van der Waals surface area (Å²) in [6.45, 7) is 7.98. The number of amides is 1. The van der Waals surface area contributed by atoms with E-state index in [0.717, 1.165) is 53.2 Å². The summed E-state index contributed by atoms with van der Waals surface area (Å²) >= 11 is 3.15. The third kappa shape index (κ3) is 3.70. The normalized spacial score (nSPS) is 17.5. The lowest BCUT2D eigenvalue weighted by molar-refractivity contribution is -0.133. The second kappa shape index (κ2) is 7.76.